The van der Waals surface area contributed by atoms with Gasteiger partial charge in [-0.25, -0.2) is 0 Å². The molecule has 0 radical (unpaired) electrons. The van der Waals surface area contributed by atoms with Crippen molar-refractivity contribution < 1.29 is 4.74 Å². The van der Waals surface area contributed by atoms with Gasteiger partial charge in [0.15, 0.2) is 0 Å². The van der Waals surface area contributed by atoms with E-state index in [1.54, 1.807) is 0 Å². The van der Waals surface area contributed by atoms with Crippen molar-refractivity contribution in [1.82, 2.24) is 15.1 Å². The lowest BCUT2D eigenvalue weighted by atomic mass is 10.1. The molecule has 2 aliphatic rings. The van der Waals surface area contributed by atoms with Crippen LogP contribution in [0.5, 0.6) is 0 Å². The summed E-state index contributed by atoms with van der Waals surface area (Å²) in [7, 11) is 0. The van der Waals surface area contributed by atoms with Gasteiger partial charge in [0.05, 0.1) is 18.4 Å². The van der Waals surface area contributed by atoms with Gasteiger partial charge in [-0.3, -0.25) is 9.80 Å². The van der Waals surface area contributed by atoms with Crippen molar-refractivity contribution in [2.75, 3.05) is 45.9 Å². The lowest BCUT2D eigenvalue weighted by Gasteiger charge is -2.35. The molecule has 0 amide bonds. The maximum absolute atomic E-state index is 5.90. The molecule has 2 heterocycles. The smallest absolute Gasteiger partial charge is 0.0634 e. The van der Waals surface area contributed by atoms with Crippen molar-refractivity contribution in [3.63, 3.8) is 0 Å². The summed E-state index contributed by atoms with van der Waals surface area (Å²) in [6.45, 7) is 14.6. The molecule has 22 heavy (non-hydrogen) atoms. The van der Waals surface area contributed by atoms with Crippen LogP contribution in [0.15, 0.2) is 0 Å². The second-order valence-corrected chi connectivity index (χ2v) is 7.47. The molecular formula is C18H37N3O. The summed E-state index contributed by atoms with van der Waals surface area (Å²) in [5.74, 6) is 0. The highest BCUT2D eigenvalue weighted by Gasteiger charge is 2.28. The third-order valence-corrected chi connectivity index (χ3v) is 5.33. The van der Waals surface area contributed by atoms with Crippen molar-refractivity contribution >= 4 is 0 Å². The van der Waals surface area contributed by atoms with Crippen LogP contribution in [0.2, 0.25) is 0 Å². The molecule has 0 aromatic rings. The Bertz CT molecular complexity index is 281. The largest absolute Gasteiger partial charge is 0.374 e. The zero-order valence-corrected chi connectivity index (χ0v) is 15.1. The molecule has 4 nitrogen and oxygen atoms in total. The van der Waals surface area contributed by atoms with Gasteiger partial charge in [-0.1, -0.05) is 6.92 Å². The van der Waals surface area contributed by atoms with E-state index in [-0.39, 0.29) is 5.60 Å². The molecule has 0 aromatic carbocycles. The zero-order chi connectivity index (χ0) is 15.8. The summed E-state index contributed by atoms with van der Waals surface area (Å²) in [4.78, 5) is 5.42. The molecule has 0 unspecified atom stereocenters. The second kappa shape index (κ2) is 9.21. The number of hydrogen-bond acceptors (Lipinski definition) is 4. The first-order chi connectivity index (χ1) is 10.6. The average Bonchev–Trinajstić information content (AvgIpc) is 3.20. The van der Waals surface area contributed by atoms with E-state index in [2.05, 4.69) is 35.9 Å². The molecule has 0 aromatic heterocycles. The van der Waals surface area contributed by atoms with Gasteiger partial charge in [-0.05, 0) is 85.1 Å². The van der Waals surface area contributed by atoms with E-state index in [1.165, 1.54) is 58.3 Å². The molecular weight excluding hydrogens is 274 g/mol. The van der Waals surface area contributed by atoms with E-state index in [0.29, 0.717) is 6.17 Å². The van der Waals surface area contributed by atoms with Crippen LogP contribution >= 0.6 is 0 Å². The number of likely N-dealkylation sites (tertiary alicyclic amines) is 2. The lowest BCUT2D eigenvalue weighted by Crippen LogP contribution is -2.47. The fourth-order valence-electron chi connectivity index (χ4n) is 3.53. The Labute approximate surface area is 137 Å². The van der Waals surface area contributed by atoms with Crippen LogP contribution in [-0.4, -0.2) is 67.4 Å². The summed E-state index contributed by atoms with van der Waals surface area (Å²) in [5, 5.41) is 3.58. The molecule has 0 aliphatic carbocycles. The van der Waals surface area contributed by atoms with Crippen LogP contribution < -0.4 is 5.32 Å². The van der Waals surface area contributed by atoms with Crippen LogP contribution in [0, 0.1) is 0 Å². The number of nitrogens with one attached hydrogen (secondary N) is 1. The predicted molar refractivity (Wildman–Crippen MR) is 93.2 cm³/mol. The molecule has 0 bridgehead atoms. The molecule has 4 heteroatoms. The second-order valence-electron chi connectivity index (χ2n) is 7.47. The van der Waals surface area contributed by atoms with Crippen LogP contribution in [0.1, 0.15) is 59.3 Å². The van der Waals surface area contributed by atoms with E-state index in [1.807, 2.05) is 0 Å². The van der Waals surface area contributed by atoms with Crippen LogP contribution in [0.25, 0.3) is 0 Å². The monoisotopic (exact) mass is 311 g/mol. The fourth-order valence-corrected chi connectivity index (χ4v) is 3.53. The van der Waals surface area contributed by atoms with Gasteiger partial charge < -0.3 is 10.1 Å². The van der Waals surface area contributed by atoms with Crippen LogP contribution in [0.3, 0.4) is 0 Å². The van der Waals surface area contributed by atoms with E-state index in [9.17, 15) is 0 Å². The van der Waals surface area contributed by atoms with Crippen molar-refractivity contribution in [3.8, 4) is 0 Å². The average molecular weight is 312 g/mol. The normalized spacial score (nSPS) is 21.3. The molecule has 1 N–H and O–H groups in total. The predicted octanol–water partition coefficient (Wildman–Crippen LogP) is 2.69. The maximum Gasteiger partial charge on any atom is 0.0634 e. The van der Waals surface area contributed by atoms with Gasteiger partial charge in [0.1, 0.15) is 0 Å². The van der Waals surface area contributed by atoms with E-state index >= 15 is 0 Å². The number of rotatable bonds is 10. The molecule has 2 rings (SSSR count). The van der Waals surface area contributed by atoms with E-state index in [4.69, 9.17) is 4.74 Å². The van der Waals surface area contributed by atoms with Gasteiger partial charge in [0, 0.05) is 6.54 Å². The molecule has 130 valence electrons. The summed E-state index contributed by atoms with van der Waals surface area (Å²) >= 11 is 0. The Morgan fingerprint density at radius 2 is 1.50 bits per heavy atom. The molecule has 2 fully saturated rings. The number of ether oxygens (including phenoxy) is 1. The van der Waals surface area contributed by atoms with Crippen molar-refractivity contribution in [2.45, 2.75) is 71.1 Å². The Hall–Kier alpha value is -0.160. The first-order valence-corrected chi connectivity index (χ1v) is 9.45. The zero-order valence-electron chi connectivity index (χ0n) is 15.1. The molecule has 0 spiro atoms. The quantitative estimate of drug-likeness (QED) is 0.628. The topological polar surface area (TPSA) is 27.7 Å². The molecule has 0 saturated carbocycles. The third-order valence-electron chi connectivity index (χ3n) is 5.33. The minimum atomic E-state index is 0.0231. The molecule has 2 saturated heterocycles. The molecule has 0 atom stereocenters. The van der Waals surface area contributed by atoms with Crippen molar-refractivity contribution in [2.24, 2.45) is 0 Å². The molecule has 2 aliphatic heterocycles. The highest BCUT2D eigenvalue weighted by atomic mass is 16.5. The van der Waals surface area contributed by atoms with E-state index < -0.39 is 0 Å². The summed E-state index contributed by atoms with van der Waals surface area (Å²) in [5.41, 5.74) is 0.0231. The van der Waals surface area contributed by atoms with Gasteiger partial charge in [0.2, 0.25) is 0 Å². The third kappa shape index (κ3) is 5.80. The van der Waals surface area contributed by atoms with Gasteiger partial charge >= 0.3 is 0 Å². The van der Waals surface area contributed by atoms with Crippen molar-refractivity contribution in [3.05, 3.63) is 0 Å². The van der Waals surface area contributed by atoms with Crippen LogP contribution in [0.4, 0.5) is 0 Å². The Kier molecular flexibility index (Phi) is 7.61. The minimum Gasteiger partial charge on any atom is -0.374 e. The Balaban J connectivity index is 1.63. The Morgan fingerprint density at radius 3 is 2.00 bits per heavy atom. The highest BCUT2D eigenvalue weighted by Crippen LogP contribution is 2.21. The van der Waals surface area contributed by atoms with Gasteiger partial charge in [-0.2, -0.15) is 0 Å². The first-order valence-electron chi connectivity index (χ1n) is 9.45. The fraction of sp³-hybridized carbons (Fsp3) is 1.00. The number of nitrogens with zero attached hydrogens (tertiary/aromatic N) is 2. The van der Waals surface area contributed by atoms with Gasteiger partial charge in [0.25, 0.3) is 0 Å². The lowest BCUT2D eigenvalue weighted by molar-refractivity contribution is -0.0183. The summed E-state index contributed by atoms with van der Waals surface area (Å²) in [6.07, 6.45) is 8.53. The summed E-state index contributed by atoms with van der Waals surface area (Å²) in [6, 6.07) is 0. The standard InChI is InChI=1S/C18H37N3O/c1-4-18(2,3)22-16-11-19-10-9-17(20-12-5-6-13-20)21-14-7-8-15-21/h17,19H,4-16H2,1-3H3. The van der Waals surface area contributed by atoms with Crippen LogP contribution in [-0.2, 0) is 4.74 Å². The number of hydrogen-bond donors (Lipinski definition) is 1. The van der Waals surface area contributed by atoms with Gasteiger partial charge in [-0.15, -0.1) is 0 Å². The summed E-state index contributed by atoms with van der Waals surface area (Å²) < 4.78 is 5.90. The van der Waals surface area contributed by atoms with Crippen molar-refractivity contribution in [1.29, 1.82) is 0 Å². The highest BCUT2D eigenvalue weighted by molar-refractivity contribution is 4.81. The van der Waals surface area contributed by atoms with E-state index in [0.717, 1.165) is 26.1 Å². The minimum absolute atomic E-state index is 0.0231. The maximum atomic E-state index is 5.90. The Morgan fingerprint density at radius 1 is 0.955 bits per heavy atom. The SMILES string of the molecule is CCC(C)(C)OCCNCCC(N1CCCC1)N1CCCC1. The first kappa shape index (κ1) is 18.2.